The number of nitrogens with one attached hydrogen (secondary N) is 1. The lowest BCUT2D eigenvalue weighted by Crippen LogP contribution is -2.76. The highest BCUT2D eigenvalue weighted by Crippen LogP contribution is 2.51. The van der Waals surface area contributed by atoms with Gasteiger partial charge in [0.05, 0.1) is 11.1 Å². The molecule has 0 spiro atoms. The zero-order valence-electron chi connectivity index (χ0n) is 14.0. The van der Waals surface area contributed by atoms with Gasteiger partial charge in [-0.05, 0) is 19.1 Å². The van der Waals surface area contributed by atoms with Gasteiger partial charge in [0, 0.05) is 18.4 Å². The van der Waals surface area contributed by atoms with Crippen LogP contribution in [-0.4, -0.2) is 41.8 Å². The Morgan fingerprint density at radius 1 is 1.38 bits per heavy atom. The van der Waals surface area contributed by atoms with E-state index in [1.807, 2.05) is 6.92 Å². The zero-order valence-corrected chi connectivity index (χ0v) is 14.7. The van der Waals surface area contributed by atoms with E-state index >= 15 is 0 Å². The number of rotatable bonds is 7. The normalized spacial score (nSPS) is 24.8. The van der Waals surface area contributed by atoms with Crippen LogP contribution in [0.25, 0.3) is 0 Å². The number of hydrogen-bond donors (Lipinski definition) is 2. The third-order valence-electron chi connectivity index (χ3n) is 4.68. The van der Waals surface area contributed by atoms with Crippen LogP contribution in [0.15, 0.2) is 24.3 Å². The van der Waals surface area contributed by atoms with Gasteiger partial charge in [-0.15, -0.1) is 0 Å². The number of benzene rings is 1. The van der Waals surface area contributed by atoms with Crippen LogP contribution in [0.5, 0.6) is 5.75 Å². The molecule has 7 heteroatoms. The van der Waals surface area contributed by atoms with E-state index in [0.717, 1.165) is 0 Å². The molecule has 1 fully saturated rings. The van der Waals surface area contributed by atoms with Gasteiger partial charge in [0.2, 0.25) is 0 Å². The van der Waals surface area contributed by atoms with Crippen LogP contribution >= 0.6 is 11.6 Å². The smallest absolute Gasteiger partial charge is 0.330 e. The Balaban J connectivity index is 2.03. The third kappa shape index (κ3) is 3.21. The van der Waals surface area contributed by atoms with Crippen molar-refractivity contribution in [1.29, 1.82) is 0 Å². The first-order valence-corrected chi connectivity index (χ1v) is 8.15. The number of hydrogen-bond acceptors (Lipinski definition) is 4. The van der Waals surface area contributed by atoms with Crippen molar-refractivity contribution in [1.82, 2.24) is 5.32 Å². The maximum Gasteiger partial charge on any atom is 0.330 e. The predicted molar refractivity (Wildman–Crippen MR) is 89.3 cm³/mol. The molecule has 132 valence electrons. The molecular weight excluding hydrogens is 334 g/mol. The van der Waals surface area contributed by atoms with E-state index in [1.165, 1.54) is 0 Å². The highest BCUT2D eigenvalue weighted by atomic mass is 35.5. The summed E-state index contributed by atoms with van der Waals surface area (Å²) in [6, 6.07) is 6.77. The van der Waals surface area contributed by atoms with Crippen molar-refractivity contribution >= 4 is 23.5 Å². The molecule has 1 aromatic carbocycles. The summed E-state index contributed by atoms with van der Waals surface area (Å²) >= 11 is 5.96. The molecule has 0 radical (unpaired) electrons. The van der Waals surface area contributed by atoms with E-state index in [0.29, 0.717) is 17.4 Å². The molecule has 1 aliphatic rings. The van der Waals surface area contributed by atoms with Crippen LogP contribution in [0.3, 0.4) is 0 Å². The fraction of sp³-hybridized carbons (Fsp3) is 0.529. The number of amides is 1. The van der Waals surface area contributed by atoms with Crippen LogP contribution < -0.4 is 10.1 Å². The summed E-state index contributed by atoms with van der Waals surface area (Å²) in [6.07, 6.45) is 0.00413. The monoisotopic (exact) mass is 355 g/mol. The Morgan fingerprint density at radius 2 is 2.04 bits per heavy atom. The van der Waals surface area contributed by atoms with Crippen molar-refractivity contribution in [3.8, 4) is 5.75 Å². The number of halogens is 1. The maximum absolute atomic E-state index is 12.2. The fourth-order valence-electron chi connectivity index (χ4n) is 3.02. The first-order valence-electron chi connectivity index (χ1n) is 7.78. The molecule has 0 bridgehead atoms. The SMILES string of the molecule is CCOC1CC(NC(=O)COc2ccccc2Cl)(C(=O)O)C1(C)C. The predicted octanol–water partition coefficient (Wildman–Crippen LogP) is 2.49. The van der Waals surface area contributed by atoms with Gasteiger partial charge in [-0.2, -0.15) is 0 Å². The minimum atomic E-state index is -1.37. The summed E-state index contributed by atoms with van der Waals surface area (Å²) in [5, 5.41) is 12.7. The van der Waals surface area contributed by atoms with Crippen LogP contribution in [0, 0.1) is 5.41 Å². The summed E-state index contributed by atoms with van der Waals surface area (Å²) in [4.78, 5) is 24.0. The minimum absolute atomic E-state index is 0.219. The highest BCUT2D eigenvalue weighted by Gasteiger charge is 2.66. The van der Waals surface area contributed by atoms with Gasteiger partial charge in [-0.25, -0.2) is 4.79 Å². The number of carboxylic acids is 1. The molecule has 24 heavy (non-hydrogen) atoms. The molecule has 2 unspecified atom stereocenters. The number of carboxylic acid groups (broad SMARTS) is 1. The minimum Gasteiger partial charge on any atom is -0.482 e. The van der Waals surface area contributed by atoms with Crippen molar-refractivity contribution in [2.24, 2.45) is 5.41 Å². The molecule has 1 saturated carbocycles. The Hall–Kier alpha value is -1.79. The average Bonchev–Trinajstić information content (AvgIpc) is 2.52. The van der Waals surface area contributed by atoms with Crippen molar-refractivity contribution in [2.45, 2.75) is 38.8 Å². The van der Waals surface area contributed by atoms with E-state index in [1.54, 1.807) is 38.1 Å². The number of ether oxygens (including phenoxy) is 2. The molecule has 0 saturated heterocycles. The summed E-state index contributed by atoms with van der Waals surface area (Å²) < 4.78 is 10.9. The molecular formula is C17H22ClNO5. The average molecular weight is 356 g/mol. The van der Waals surface area contributed by atoms with Crippen molar-refractivity contribution in [3.63, 3.8) is 0 Å². The van der Waals surface area contributed by atoms with Gasteiger partial charge >= 0.3 is 5.97 Å². The van der Waals surface area contributed by atoms with Gasteiger partial charge in [-0.3, -0.25) is 4.79 Å². The molecule has 0 aliphatic heterocycles. The molecule has 2 rings (SSSR count). The Morgan fingerprint density at radius 3 is 2.58 bits per heavy atom. The largest absolute Gasteiger partial charge is 0.482 e. The topological polar surface area (TPSA) is 84.9 Å². The number of para-hydroxylation sites is 1. The zero-order chi connectivity index (χ0) is 18.0. The van der Waals surface area contributed by atoms with E-state index in [4.69, 9.17) is 21.1 Å². The fourth-order valence-corrected chi connectivity index (χ4v) is 3.21. The molecule has 1 amide bonds. The van der Waals surface area contributed by atoms with E-state index < -0.39 is 22.8 Å². The van der Waals surface area contributed by atoms with Crippen LogP contribution in [0.1, 0.15) is 27.2 Å². The number of carbonyl (C=O) groups excluding carboxylic acids is 1. The van der Waals surface area contributed by atoms with Gasteiger partial charge in [0.15, 0.2) is 6.61 Å². The Kier molecular flexibility index (Phi) is 5.40. The number of carbonyl (C=O) groups is 2. The number of aliphatic carboxylic acids is 1. The van der Waals surface area contributed by atoms with Crippen LogP contribution in [-0.2, 0) is 14.3 Å². The van der Waals surface area contributed by atoms with Gasteiger partial charge in [0.25, 0.3) is 5.91 Å². The van der Waals surface area contributed by atoms with Gasteiger partial charge < -0.3 is 19.9 Å². The second kappa shape index (κ2) is 6.99. The lowest BCUT2D eigenvalue weighted by molar-refractivity contribution is -0.194. The summed E-state index contributed by atoms with van der Waals surface area (Å²) in [6.45, 7) is 5.59. The van der Waals surface area contributed by atoms with E-state index in [2.05, 4.69) is 5.32 Å². The standard InChI is InChI=1S/C17H22ClNO5/c1-4-23-13-9-17(15(21)22,16(13,2)3)19-14(20)10-24-12-8-6-5-7-11(12)18/h5-8,13H,4,9-10H2,1-3H3,(H,19,20)(H,21,22). The molecule has 0 aromatic heterocycles. The van der Waals surface area contributed by atoms with Gasteiger partial charge in [-0.1, -0.05) is 37.6 Å². The first kappa shape index (κ1) is 18.5. The third-order valence-corrected chi connectivity index (χ3v) is 4.99. The summed E-state index contributed by atoms with van der Waals surface area (Å²) in [5.41, 5.74) is -2.09. The van der Waals surface area contributed by atoms with Crippen LogP contribution in [0.2, 0.25) is 5.02 Å². The lowest BCUT2D eigenvalue weighted by atomic mass is 9.54. The molecule has 0 heterocycles. The van der Waals surface area contributed by atoms with E-state index in [-0.39, 0.29) is 19.1 Å². The molecule has 1 aromatic rings. The Labute approximate surface area is 146 Å². The maximum atomic E-state index is 12.2. The highest BCUT2D eigenvalue weighted by molar-refractivity contribution is 6.32. The van der Waals surface area contributed by atoms with Gasteiger partial charge in [0.1, 0.15) is 11.3 Å². The Bertz CT molecular complexity index is 633. The lowest BCUT2D eigenvalue weighted by Gasteiger charge is -2.58. The molecule has 2 N–H and O–H groups in total. The molecule has 6 nitrogen and oxygen atoms in total. The molecule has 1 aliphatic carbocycles. The van der Waals surface area contributed by atoms with Crippen molar-refractivity contribution in [3.05, 3.63) is 29.3 Å². The summed E-state index contributed by atoms with van der Waals surface area (Å²) in [5.74, 6) is -1.21. The van der Waals surface area contributed by atoms with Crippen molar-refractivity contribution in [2.75, 3.05) is 13.2 Å². The molecule has 2 atom stereocenters. The first-order chi connectivity index (χ1) is 11.2. The quantitative estimate of drug-likeness (QED) is 0.785. The van der Waals surface area contributed by atoms with Crippen molar-refractivity contribution < 1.29 is 24.2 Å². The van der Waals surface area contributed by atoms with E-state index in [9.17, 15) is 14.7 Å². The second-order valence-corrected chi connectivity index (χ2v) is 6.75. The van der Waals surface area contributed by atoms with Crippen LogP contribution in [0.4, 0.5) is 0 Å². The second-order valence-electron chi connectivity index (χ2n) is 6.35. The summed E-state index contributed by atoms with van der Waals surface area (Å²) in [7, 11) is 0.